The largest absolute Gasteiger partial charge is 0.508 e. The van der Waals surface area contributed by atoms with E-state index in [0.717, 1.165) is 12.5 Å². The molecule has 3 aromatic carbocycles. The predicted octanol–water partition coefficient (Wildman–Crippen LogP) is -4.58. The molecular formula is C79H120N20O20. The van der Waals surface area contributed by atoms with Gasteiger partial charge in [0.1, 0.15) is 72.2 Å². The Kier molecular flexibility index (Phi) is 43.8. The van der Waals surface area contributed by atoms with Crippen molar-refractivity contribution < 1.29 is 96.8 Å². The smallest absolute Gasteiger partial charge is 0.303 e. The number of phenols is 1. The minimum absolute atomic E-state index is 0.0262. The summed E-state index contributed by atoms with van der Waals surface area (Å²) >= 11 is 0. The van der Waals surface area contributed by atoms with E-state index in [0.29, 0.717) is 17.5 Å². The number of guanidine groups is 1. The van der Waals surface area contributed by atoms with Crippen molar-refractivity contribution in [1.29, 1.82) is 0 Å². The summed E-state index contributed by atoms with van der Waals surface area (Å²) in [6.45, 7) is 12.9. The van der Waals surface area contributed by atoms with E-state index >= 15 is 0 Å². The maximum absolute atomic E-state index is 14.6. The van der Waals surface area contributed by atoms with E-state index in [2.05, 4.69) is 74.1 Å². The van der Waals surface area contributed by atoms with Crippen molar-refractivity contribution in [2.75, 3.05) is 19.6 Å². The molecular weight excluding hydrogens is 1550 g/mol. The van der Waals surface area contributed by atoms with Crippen LogP contribution in [0.4, 0.5) is 0 Å². The molecule has 40 nitrogen and oxygen atoms in total. The van der Waals surface area contributed by atoms with Gasteiger partial charge in [0.25, 0.3) is 0 Å². The topological polar surface area (TPSA) is 676 Å². The Morgan fingerprint density at radius 3 is 1.24 bits per heavy atom. The molecule has 0 saturated carbocycles. The summed E-state index contributed by atoms with van der Waals surface area (Å²) in [5, 5.41) is 63.6. The van der Waals surface area contributed by atoms with Crippen LogP contribution < -0.4 is 104 Å². The van der Waals surface area contributed by atoms with E-state index in [4.69, 9.17) is 34.4 Å². The van der Waals surface area contributed by atoms with Crippen molar-refractivity contribution in [3.8, 4) is 5.75 Å². The second kappa shape index (κ2) is 51.7. The molecule has 40 heteroatoms. The second-order valence-electron chi connectivity index (χ2n) is 30.3. The summed E-state index contributed by atoms with van der Waals surface area (Å²) in [4.78, 5) is 235. The van der Waals surface area contributed by atoms with Crippen LogP contribution in [0, 0.1) is 23.7 Å². The van der Waals surface area contributed by atoms with Gasteiger partial charge in [-0.25, -0.2) is 0 Å². The van der Waals surface area contributed by atoms with Gasteiger partial charge in [-0.3, -0.25) is 86.5 Å². The third-order valence-electron chi connectivity index (χ3n) is 18.7. The van der Waals surface area contributed by atoms with E-state index in [9.17, 15) is 96.8 Å². The van der Waals surface area contributed by atoms with Gasteiger partial charge in [0.05, 0.1) is 25.2 Å². The summed E-state index contributed by atoms with van der Waals surface area (Å²) in [6, 6.07) is 4.70. The van der Waals surface area contributed by atoms with Crippen LogP contribution >= 0.6 is 0 Å². The van der Waals surface area contributed by atoms with Crippen molar-refractivity contribution in [3.05, 3.63) is 102 Å². The van der Waals surface area contributed by atoms with Crippen molar-refractivity contribution in [2.24, 2.45) is 63.1 Å². The number of carbonyl (C=O) groups is 17. The minimum atomic E-state index is -1.90. The van der Waals surface area contributed by atoms with Gasteiger partial charge in [0, 0.05) is 38.6 Å². The van der Waals surface area contributed by atoms with Crippen LogP contribution in [0.1, 0.15) is 150 Å². The highest BCUT2D eigenvalue weighted by Crippen LogP contribution is 2.17. The molecule has 3 aromatic rings. The molecule has 28 N–H and O–H groups in total. The summed E-state index contributed by atoms with van der Waals surface area (Å²) in [6.07, 6.45) is -5.24. The highest BCUT2D eigenvalue weighted by molar-refractivity contribution is 6.00. The lowest BCUT2D eigenvalue weighted by Crippen LogP contribution is -2.62. The molecule has 0 bridgehead atoms. The Morgan fingerprint density at radius 1 is 0.395 bits per heavy atom. The van der Waals surface area contributed by atoms with Crippen LogP contribution in [-0.4, -0.2) is 220 Å². The van der Waals surface area contributed by atoms with E-state index < -0.39 is 236 Å². The third-order valence-corrected chi connectivity index (χ3v) is 18.7. The zero-order valence-electron chi connectivity index (χ0n) is 68.6. The van der Waals surface area contributed by atoms with Gasteiger partial charge in [-0.05, 0) is 111 Å². The highest BCUT2D eigenvalue weighted by Gasteiger charge is 2.39. The molecule has 0 spiro atoms. The number of nitrogens with one attached hydrogen (secondary N) is 13. The van der Waals surface area contributed by atoms with Crippen LogP contribution in [0.15, 0.2) is 89.9 Å². The van der Waals surface area contributed by atoms with Gasteiger partial charge in [0.2, 0.25) is 94.5 Å². The number of benzene rings is 3. The molecule has 0 saturated heterocycles. The quantitative estimate of drug-likeness (QED) is 0.0144. The number of nitrogens with two attached hydrogens (primary N) is 6. The summed E-state index contributed by atoms with van der Waals surface area (Å²) in [7, 11) is 0. The first-order chi connectivity index (χ1) is 56.0. The number of amides is 16. The zero-order chi connectivity index (χ0) is 89.3. The molecule has 14 atom stereocenters. The molecule has 0 aliphatic carbocycles. The number of hydrogen-bond donors (Lipinski definition) is 22. The number of carbonyl (C=O) groups excluding carboxylic acids is 16. The zero-order valence-corrected chi connectivity index (χ0v) is 68.6. The number of carboxylic acids is 1. The Bertz CT molecular complexity index is 3960. The Morgan fingerprint density at radius 2 is 0.782 bits per heavy atom. The molecule has 3 rings (SSSR count). The third kappa shape index (κ3) is 38.5. The molecule has 119 heavy (non-hydrogen) atoms. The number of aliphatic imine (C=N–C) groups is 1. The van der Waals surface area contributed by atoms with E-state index in [1.165, 1.54) is 24.3 Å². The summed E-state index contributed by atoms with van der Waals surface area (Å²) in [5.41, 5.74) is 35.0. The number of aliphatic hydroxyl groups excluding tert-OH is 1. The normalized spacial score (nSPS) is 14.6. The van der Waals surface area contributed by atoms with Crippen molar-refractivity contribution in [2.45, 2.75) is 231 Å². The van der Waals surface area contributed by atoms with Gasteiger partial charge in [0.15, 0.2) is 5.96 Å². The van der Waals surface area contributed by atoms with Crippen molar-refractivity contribution >= 4 is 106 Å². The number of carboxylic acid groups (broad SMARTS) is 1. The number of rotatable bonds is 54. The Hall–Kier alpha value is -12.4. The first-order valence-electron chi connectivity index (χ1n) is 39.3. The number of aliphatic carboxylic acids is 1. The van der Waals surface area contributed by atoms with Crippen LogP contribution in [0.5, 0.6) is 5.75 Å². The fourth-order valence-electron chi connectivity index (χ4n) is 12.0. The lowest BCUT2D eigenvalue weighted by Gasteiger charge is -2.29. The second-order valence-corrected chi connectivity index (χ2v) is 30.3. The number of phenolic OH excluding ortho intramolecular Hbond substituents is 1. The molecule has 0 unspecified atom stereocenters. The van der Waals surface area contributed by atoms with Crippen LogP contribution in [0.2, 0.25) is 0 Å². The van der Waals surface area contributed by atoms with Crippen LogP contribution in [0.25, 0.3) is 0 Å². The number of hydrogen-bond acceptors (Lipinski definition) is 21. The molecule has 0 heterocycles. The maximum Gasteiger partial charge on any atom is 0.303 e. The van der Waals surface area contributed by atoms with Crippen LogP contribution in [0.3, 0.4) is 0 Å². The Labute approximate surface area is 690 Å². The number of nitrogens with zero attached hydrogens (tertiary/aromatic N) is 1. The monoisotopic (exact) mass is 1670 g/mol. The van der Waals surface area contributed by atoms with Crippen molar-refractivity contribution in [1.82, 2.24) is 69.1 Å². The standard InChI is InChI=1S/C79H120N20O20/c1-10-44(8)65(97-62(105)40-88-76(117)64(43(6)7)98-68(109)50(80)36-46-18-13-11-14-19-46)77(118)96-58(37-47-20-15-12-16-21-47)75(116)99-66(45(9)100)78(119)95-57(38-48-23-25-49(101)26-24-48)69(110)87-39-61(104)89-53(29-32-63(106)107)71(112)94-56(35-42(4)5)74(115)92-54(28-31-60(82)103)72(113)91-52(22-17-33-86-79(84)85)70(111)93-55(34-41(2)3)73(114)90-51(67(83)108)27-30-59(81)102/h11-16,18-21,23-26,41-45,50-58,64-66,100-101H,10,17,22,27-40,80H2,1-9H3,(H2,81,102)(H2,82,103)(H2,83,108)(H,87,110)(H,88,117)(H,89,104)(H,90,114)(H,91,113)(H,92,115)(H,93,111)(H,94,112)(H,95,119)(H,96,118)(H,97,105)(H,98,109)(H,99,116)(H,106,107)(H4,84,85,86)/t44-,45+,50-,51-,52-,53-,54-,55-,56-,57-,58-,64-,65-,66-/m0/s1. The summed E-state index contributed by atoms with van der Waals surface area (Å²) in [5.74, 6) is -19.0. The minimum Gasteiger partial charge on any atom is -0.508 e. The van der Waals surface area contributed by atoms with Gasteiger partial charge in [-0.2, -0.15) is 0 Å². The van der Waals surface area contributed by atoms with Crippen molar-refractivity contribution in [3.63, 3.8) is 0 Å². The lowest BCUT2D eigenvalue weighted by molar-refractivity contribution is -0.138. The molecule has 0 aliphatic rings. The van der Waals surface area contributed by atoms with E-state index in [-0.39, 0.29) is 82.0 Å². The molecule has 656 valence electrons. The number of aliphatic hydroxyl groups is 1. The lowest BCUT2D eigenvalue weighted by atomic mass is 9.97. The fraction of sp³-hybridized carbons (Fsp3) is 0.544. The first-order valence-corrected chi connectivity index (χ1v) is 39.3. The predicted molar refractivity (Wildman–Crippen MR) is 435 cm³/mol. The van der Waals surface area contributed by atoms with Crippen LogP contribution in [-0.2, 0) is 101 Å². The highest BCUT2D eigenvalue weighted by atomic mass is 16.4. The SMILES string of the molecule is CC[C@H](C)[C@H](NC(=O)CNC(=O)[C@@H](NC(=O)[C@@H](N)Cc1ccccc1)C(C)C)C(=O)N[C@@H](Cc1ccccc1)C(=O)N[C@H](C(=O)N[C@@H](Cc1ccc(O)cc1)C(=O)NCC(=O)N[C@@H](CCC(=O)O)C(=O)N[C@@H](CC(C)C)C(=O)N[C@@H](CCC(N)=O)C(=O)N[C@@H](CCCN=C(N)N)C(=O)N[C@@H](CC(C)C)C(=O)N[C@@H](CCC(N)=O)C(N)=O)[C@@H](C)O. The summed E-state index contributed by atoms with van der Waals surface area (Å²) < 4.78 is 0. The maximum atomic E-state index is 14.6. The molecule has 0 aliphatic heterocycles. The molecule has 0 aromatic heterocycles. The fourth-order valence-corrected chi connectivity index (χ4v) is 12.0. The number of aromatic hydroxyl groups is 1. The molecule has 0 fully saturated rings. The first kappa shape index (κ1) is 101. The van der Waals surface area contributed by atoms with Gasteiger partial charge in [-0.15, -0.1) is 0 Å². The molecule has 0 radical (unpaired) electrons. The average Bonchev–Trinajstić information content (AvgIpc) is 0.846. The van der Waals surface area contributed by atoms with Gasteiger partial charge >= 0.3 is 5.97 Å². The van der Waals surface area contributed by atoms with E-state index in [1.54, 1.807) is 110 Å². The molecule has 16 amide bonds. The average molecular weight is 1670 g/mol. The Balaban J connectivity index is 1.91. The van der Waals surface area contributed by atoms with Gasteiger partial charge in [-0.1, -0.05) is 135 Å². The number of primary amides is 3. The van der Waals surface area contributed by atoms with E-state index in [1.807, 2.05) is 6.07 Å². The van der Waals surface area contributed by atoms with Gasteiger partial charge < -0.3 is 119 Å².